The van der Waals surface area contributed by atoms with Gasteiger partial charge in [0, 0.05) is 22.1 Å². The summed E-state index contributed by atoms with van der Waals surface area (Å²) in [5.41, 5.74) is 0.878. The summed E-state index contributed by atoms with van der Waals surface area (Å²) < 4.78 is 0. The molecule has 0 aromatic heterocycles. The van der Waals surface area contributed by atoms with Gasteiger partial charge in [0.2, 0.25) is 0 Å². The van der Waals surface area contributed by atoms with Gasteiger partial charge in [0.25, 0.3) is 0 Å². The number of carbonyl (C=O) groups is 2. The summed E-state index contributed by atoms with van der Waals surface area (Å²) in [5.74, 6) is -2.31. The van der Waals surface area contributed by atoms with Gasteiger partial charge in [-0.05, 0) is 24.3 Å². The molecule has 0 radical (unpaired) electrons. The molecule has 0 aliphatic carbocycles. The number of benzene rings is 2. The summed E-state index contributed by atoms with van der Waals surface area (Å²) in [6, 6.07) is 16.9. The molecule has 110 valence electrons. The van der Waals surface area contributed by atoms with Gasteiger partial charge in [-0.1, -0.05) is 48.9 Å². The molecule has 3 nitrogen and oxygen atoms in total. The SMILES string of the molecule is CC(C(=O)c1ccccc1)C(C#N)C(=O)c1ccc(Cl)cc1. The van der Waals surface area contributed by atoms with Crippen molar-refractivity contribution < 1.29 is 9.59 Å². The first-order chi connectivity index (χ1) is 10.5. The summed E-state index contributed by atoms with van der Waals surface area (Å²) in [6.07, 6.45) is 0. The van der Waals surface area contributed by atoms with Crippen molar-refractivity contribution in [2.75, 3.05) is 0 Å². The minimum atomic E-state index is -1.02. The molecule has 2 atom stereocenters. The van der Waals surface area contributed by atoms with Crippen LogP contribution in [0.25, 0.3) is 0 Å². The van der Waals surface area contributed by atoms with Crippen LogP contribution in [0.3, 0.4) is 0 Å². The lowest BCUT2D eigenvalue weighted by molar-refractivity contribution is 0.0819. The lowest BCUT2D eigenvalue weighted by Gasteiger charge is -2.15. The van der Waals surface area contributed by atoms with Crippen LogP contribution in [0, 0.1) is 23.2 Å². The van der Waals surface area contributed by atoms with E-state index in [-0.39, 0.29) is 11.6 Å². The Balaban J connectivity index is 2.24. The van der Waals surface area contributed by atoms with Crippen LogP contribution in [0.5, 0.6) is 0 Å². The molecule has 0 N–H and O–H groups in total. The molecule has 0 spiro atoms. The van der Waals surface area contributed by atoms with Gasteiger partial charge in [-0.3, -0.25) is 9.59 Å². The van der Waals surface area contributed by atoms with E-state index in [0.29, 0.717) is 16.1 Å². The zero-order valence-corrected chi connectivity index (χ0v) is 12.7. The molecule has 2 unspecified atom stereocenters. The zero-order chi connectivity index (χ0) is 16.1. The third-order valence-electron chi connectivity index (χ3n) is 3.52. The Morgan fingerprint density at radius 3 is 2.05 bits per heavy atom. The number of Topliss-reactive ketones (excluding diaryl/α,β-unsaturated/α-hetero) is 2. The van der Waals surface area contributed by atoms with E-state index in [2.05, 4.69) is 0 Å². The van der Waals surface area contributed by atoms with Crippen LogP contribution in [-0.2, 0) is 0 Å². The Morgan fingerprint density at radius 2 is 1.50 bits per heavy atom. The number of hydrogen-bond acceptors (Lipinski definition) is 3. The molecule has 2 aromatic carbocycles. The molecule has 0 fully saturated rings. The molecule has 22 heavy (non-hydrogen) atoms. The highest BCUT2D eigenvalue weighted by molar-refractivity contribution is 6.30. The van der Waals surface area contributed by atoms with E-state index in [1.165, 1.54) is 0 Å². The van der Waals surface area contributed by atoms with Crippen LogP contribution in [0.4, 0.5) is 0 Å². The van der Waals surface area contributed by atoms with E-state index in [1.54, 1.807) is 55.5 Å². The van der Waals surface area contributed by atoms with Crippen molar-refractivity contribution in [3.05, 3.63) is 70.7 Å². The largest absolute Gasteiger partial charge is 0.294 e. The van der Waals surface area contributed by atoms with Gasteiger partial charge < -0.3 is 0 Å². The van der Waals surface area contributed by atoms with E-state index in [9.17, 15) is 14.9 Å². The second kappa shape index (κ2) is 7.02. The Bertz CT molecular complexity index is 717. The molecule has 0 bridgehead atoms. The first-order valence-corrected chi connectivity index (χ1v) is 7.21. The fraction of sp³-hybridized carbons (Fsp3) is 0.167. The van der Waals surface area contributed by atoms with Crippen LogP contribution < -0.4 is 0 Å². The lowest BCUT2D eigenvalue weighted by atomic mass is 9.83. The smallest absolute Gasteiger partial charge is 0.180 e. The van der Waals surface area contributed by atoms with E-state index >= 15 is 0 Å². The number of ketones is 2. The van der Waals surface area contributed by atoms with Crippen molar-refractivity contribution in [3.8, 4) is 6.07 Å². The normalized spacial score (nSPS) is 13.0. The maximum atomic E-state index is 12.4. The zero-order valence-electron chi connectivity index (χ0n) is 12.0. The minimum absolute atomic E-state index is 0.213. The maximum Gasteiger partial charge on any atom is 0.180 e. The van der Waals surface area contributed by atoms with E-state index in [0.717, 1.165) is 0 Å². The topological polar surface area (TPSA) is 57.9 Å². The Hall–Kier alpha value is -2.44. The fourth-order valence-corrected chi connectivity index (χ4v) is 2.33. The van der Waals surface area contributed by atoms with Gasteiger partial charge >= 0.3 is 0 Å². The third kappa shape index (κ3) is 3.41. The first-order valence-electron chi connectivity index (χ1n) is 6.83. The average molecular weight is 312 g/mol. The lowest BCUT2D eigenvalue weighted by Crippen LogP contribution is -2.27. The molecule has 0 saturated carbocycles. The molecule has 4 heteroatoms. The Kier molecular flexibility index (Phi) is 5.08. The van der Waals surface area contributed by atoms with Crippen LogP contribution in [0.2, 0.25) is 5.02 Å². The van der Waals surface area contributed by atoms with Crippen LogP contribution in [0.15, 0.2) is 54.6 Å². The van der Waals surface area contributed by atoms with Gasteiger partial charge in [0.05, 0.1) is 6.07 Å². The molecule has 2 aromatic rings. The van der Waals surface area contributed by atoms with E-state index < -0.39 is 11.8 Å². The molecule has 0 aliphatic rings. The highest BCUT2D eigenvalue weighted by Gasteiger charge is 2.31. The molecular weight excluding hydrogens is 298 g/mol. The Labute approximate surface area is 134 Å². The molecule has 0 amide bonds. The maximum absolute atomic E-state index is 12.4. The average Bonchev–Trinajstić information content (AvgIpc) is 2.56. The van der Waals surface area contributed by atoms with Gasteiger partial charge in [-0.25, -0.2) is 0 Å². The highest BCUT2D eigenvalue weighted by Crippen LogP contribution is 2.22. The van der Waals surface area contributed by atoms with Crippen LogP contribution in [-0.4, -0.2) is 11.6 Å². The number of nitrogens with zero attached hydrogens (tertiary/aromatic N) is 1. The highest BCUT2D eigenvalue weighted by atomic mass is 35.5. The summed E-state index contributed by atoms with van der Waals surface area (Å²) in [7, 11) is 0. The van der Waals surface area contributed by atoms with Crippen LogP contribution in [0.1, 0.15) is 27.6 Å². The molecule has 0 heterocycles. The molecule has 2 rings (SSSR count). The van der Waals surface area contributed by atoms with Crippen molar-refractivity contribution in [1.29, 1.82) is 5.26 Å². The summed E-state index contributed by atoms with van der Waals surface area (Å²) in [4.78, 5) is 24.9. The van der Waals surface area contributed by atoms with Crippen molar-refractivity contribution >= 4 is 23.2 Å². The van der Waals surface area contributed by atoms with Gasteiger partial charge in [0.15, 0.2) is 11.6 Å². The van der Waals surface area contributed by atoms with E-state index in [4.69, 9.17) is 11.6 Å². The number of carbonyl (C=O) groups excluding carboxylic acids is 2. The number of halogens is 1. The summed E-state index contributed by atoms with van der Waals surface area (Å²) in [5, 5.41) is 9.84. The summed E-state index contributed by atoms with van der Waals surface area (Å²) in [6.45, 7) is 1.61. The second-order valence-electron chi connectivity index (χ2n) is 5.00. The first kappa shape index (κ1) is 15.9. The van der Waals surface area contributed by atoms with Gasteiger partial charge in [-0.15, -0.1) is 0 Å². The third-order valence-corrected chi connectivity index (χ3v) is 3.77. The van der Waals surface area contributed by atoms with Crippen LogP contribution >= 0.6 is 11.6 Å². The fourth-order valence-electron chi connectivity index (χ4n) is 2.21. The predicted molar refractivity (Wildman–Crippen MR) is 84.8 cm³/mol. The monoisotopic (exact) mass is 311 g/mol. The standard InChI is InChI=1S/C18H14ClNO2/c1-12(17(21)13-5-3-2-4-6-13)16(11-20)18(22)14-7-9-15(19)10-8-14/h2-10,12,16H,1H3. The molecule has 0 aliphatic heterocycles. The quantitative estimate of drug-likeness (QED) is 0.778. The van der Waals surface area contributed by atoms with E-state index in [1.807, 2.05) is 12.1 Å². The van der Waals surface area contributed by atoms with Crippen molar-refractivity contribution in [2.24, 2.45) is 11.8 Å². The second-order valence-corrected chi connectivity index (χ2v) is 5.43. The van der Waals surface area contributed by atoms with Gasteiger partial charge in [-0.2, -0.15) is 5.26 Å². The number of nitriles is 1. The minimum Gasteiger partial charge on any atom is -0.294 e. The predicted octanol–water partition coefficient (Wildman–Crippen LogP) is 4.18. The number of hydrogen-bond donors (Lipinski definition) is 0. The molecule has 0 saturated heterocycles. The van der Waals surface area contributed by atoms with Crippen molar-refractivity contribution in [1.82, 2.24) is 0 Å². The summed E-state index contributed by atoms with van der Waals surface area (Å²) >= 11 is 5.79. The molecular formula is C18H14ClNO2. The van der Waals surface area contributed by atoms with Crippen molar-refractivity contribution in [2.45, 2.75) is 6.92 Å². The Morgan fingerprint density at radius 1 is 0.955 bits per heavy atom. The van der Waals surface area contributed by atoms with Gasteiger partial charge in [0.1, 0.15) is 5.92 Å². The number of rotatable bonds is 5. The van der Waals surface area contributed by atoms with Crippen molar-refractivity contribution in [3.63, 3.8) is 0 Å².